The van der Waals surface area contributed by atoms with Crippen molar-refractivity contribution in [3.8, 4) is 0 Å². The highest BCUT2D eigenvalue weighted by molar-refractivity contribution is 5.79. The largest absolute Gasteiger partial charge is 0.480 e. The molecule has 2 unspecified atom stereocenters. The topological polar surface area (TPSA) is 58.6 Å². The normalized spacial score (nSPS) is 30.4. The third-order valence-electron chi connectivity index (χ3n) is 5.20. The van der Waals surface area contributed by atoms with Crippen LogP contribution >= 0.6 is 0 Å². The maximum Gasteiger partial charge on any atom is 0.324 e. The van der Waals surface area contributed by atoms with Gasteiger partial charge in [0, 0.05) is 13.2 Å². The zero-order valence-corrected chi connectivity index (χ0v) is 12.7. The Morgan fingerprint density at radius 3 is 2.60 bits per heavy atom. The van der Waals surface area contributed by atoms with Crippen molar-refractivity contribution in [1.29, 1.82) is 0 Å². The minimum absolute atomic E-state index is 0.212. The molecule has 0 heterocycles. The Labute approximate surface area is 122 Å². The Bertz CT molecular complexity index is 317. The van der Waals surface area contributed by atoms with E-state index in [0.29, 0.717) is 13.2 Å². The van der Waals surface area contributed by atoms with Crippen molar-refractivity contribution in [2.24, 2.45) is 11.8 Å². The van der Waals surface area contributed by atoms with E-state index in [1.807, 2.05) is 6.92 Å². The zero-order chi connectivity index (χ0) is 14.4. The third kappa shape index (κ3) is 3.53. The first-order chi connectivity index (χ1) is 9.69. The molecule has 20 heavy (non-hydrogen) atoms. The molecule has 2 N–H and O–H groups in total. The second kappa shape index (κ2) is 7.41. The number of aliphatic carboxylic acids is 1. The Morgan fingerprint density at radius 2 is 2.00 bits per heavy atom. The summed E-state index contributed by atoms with van der Waals surface area (Å²) in [7, 11) is 0. The fourth-order valence-corrected chi connectivity index (χ4v) is 3.73. The molecule has 2 fully saturated rings. The third-order valence-corrected chi connectivity index (χ3v) is 5.20. The van der Waals surface area contributed by atoms with Crippen molar-refractivity contribution >= 4 is 5.97 Å². The van der Waals surface area contributed by atoms with Crippen molar-refractivity contribution in [3.05, 3.63) is 0 Å². The number of likely N-dealkylation sites (N-methyl/N-ethyl adjacent to an activating group) is 1. The van der Waals surface area contributed by atoms with E-state index in [9.17, 15) is 9.90 Å². The molecule has 2 aliphatic rings. The number of rotatable bonds is 9. The van der Waals surface area contributed by atoms with Crippen LogP contribution in [0, 0.1) is 11.8 Å². The van der Waals surface area contributed by atoms with Crippen LogP contribution in [0.1, 0.15) is 58.3 Å². The van der Waals surface area contributed by atoms with Gasteiger partial charge in [0.05, 0.1) is 0 Å². The van der Waals surface area contributed by atoms with E-state index < -0.39 is 11.5 Å². The fraction of sp³-hybridized carbons (Fsp3) is 0.938. The predicted molar refractivity (Wildman–Crippen MR) is 78.8 cm³/mol. The Balaban J connectivity index is 1.70. The summed E-state index contributed by atoms with van der Waals surface area (Å²) in [5.41, 5.74) is -0.702. The number of carboxylic acid groups (broad SMARTS) is 1. The maximum atomic E-state index is 11.6. The van der Waals surface area contributed by atoms with E-state index in [1.54, 1.807) is 0 Å². The average Bonchev–Trinajstić information content (AvgIpc) is 2.76. The van der Waals surface area contributed by atoms with Gasteiger partial charge in [0.25, 0.3) is 0 Å². The quantitative estimate of drug-likeness (QED) is 0.639. The molecular formula is C16H29NO3. The van der Waals surface area contributed by atoms with Gasteiger partial charge in [-0.2, -0.15) is 0 Å². The lowest BCUT2D eigenvalue weighted by Gasteiger charge is -2.32. The van der Waals surface area contributed by atoms with Gasteiger partial charge in [0.2, 0.25) is 0 Å². The number of hydrogen-bond donors (Lipinski definition) is 2. The minimum Gasteiger partial charge on any atom is -0.480 e. The van der Waals surface area contributed by atoms with E-state index in [0.717, 1.165) is 38.2 Å². The average molecular weight is 283 g/mol. The van der Waals surface area contributed by atoms with Crippen LogP contribution in [0.2, 0.25) is 0 Å². The monoisotopic (exact) mass is 283 g/mol. The van der Waals surface area contributed by atoms with Gasteiger partial charge in [-0.25, -0.2) is 0 Å². The minimum atomic E-state index is -0.702. The molecule has 0 amide bonds. The van der Waals surface area contributed by atoms with E-state index in [2.05, 4.69) is 5.32 Å². The smallest absolute Gasteiger partial charge is 0.324 e. The Morgan fingerprint density at radius 1 is 1.25 bits per heavy atom. The predicted octanol–water partition coefficient (Wildman–Crippen LogP) is 2.82. The molecule has 4 heteroatoms. The van der Waals surface area contributed by atoms with Crippen LogP contribution in [0.5, 0.6) is 0 Å². The summed E-state index contributed by atoms with van der Waals surface area (Å²) in [6, 6.07) is 0. The first-order valence-electron chi connectivity index (χ1n) is 8.25. The van der Waals surface area contributed by atoms with Crippen LogP contribution in [0.3, 0.4) is 0 Å². The van der Waals surface area contributed by atoms with Gasteiger partial charge in [0.15, 0.2) is 0 Å². The van der Waals surface area contributed by atoms with Gasteiger partial charge in [-0.3, -0.25) is 4.79 Å². The molecule has 0 aromatic heterocycles. The fourth-order valence-electron chi connectivity index (χ4n) is 3.73. The highest BCUT2D eigenvalue weighted by atomic mass is 16.5. The van der Waals surface area contributed by atoms with Crippen LogP contribution in [-0.2, 0) is 9.53 Å². The number of carbonyl (C=O) groups is 1. The molecule has 2 atom stereocenters. The Kier molecular flexibility index (Phi) is 5.85. The number of ether oxygens (including phenoxy) is 1. The zero-order valence-electron chi connectivity index (χ0n) is 12.7. The standard InChI is InChI=1S/C16H29NO3/c1-2-17-16(15(18)19)10-4-7-14(16)9-12-20-11-8-13-5-3-6-13/h13-14,17H,2-12H2,1H3,(H,18,19). The SMILES string of the molecule is CCNC1(C(=O)O)CCCC1CCOCCC1CCC1. The summed E-state index contributed by atoms with van der Waals surface area (Å²) < 4.78 is 5.73. The molecular weight excluding hydrogens is 254 g/mol. The molecule has 0 spiro atoms. The van der Waals surface area contributed by atoms with Crippen molar-refractivity contribution in [3.63, 3.8) is 0 Å². The first kappa shape index (κ1) is 15.8. The number of nitrogens with one attached hydrogen (secondary N) is 1. The summed E-state index contributed by atoms with van der Waals surface area (Å²) in [5.74, 6) is 0.418. The van der Waals surface area contributed by atoms with Gasteiger partial charge in [0.1, 0.15) is 5.54 Å². The highest BCUT2D eigenvalue weighted by Crippen LogP contribution is 2.38. The summed E-state index contributed by atoms with van der Waals surface area (Å²) in [4.78, 5) is 11.6. The van der Waals surface area contributed by atoms with Gasteiger partial charge in [-0.05, 0) is 44.1 Å². The van der Waals surface area contributed by atoms with Crippen molar-refractivity contribution in [1.82, 2.24) is 5.32 Å². The van der Waals surface area contributed by atoms with Gasteiger partial charge in [-0.1, -0.05) is 32.6 Å². The van der Waals surface area contributed by atoms with E-state index >= 15 is 0 Å². The van der Waals surface area contributed by atoms with Crippen LogP contribution in [-0.4, -0.2) is 36.4 Å². The second-order valence-electron chi connectivity index (χ2n) is 6.38. The van der Waals surface area contributed by atoms with Gasteiger partial charge >= 0.3 is 5.97 Å². The van der Waals surface area contributed by atoms with Crippen LogP contribution < -0.4 is 5.32 Å². The lowest BCUT2D eigenvalue weighted by Crippen LogP contribution is -2.54. The number of hydrogen-bond acceptors (Lipinski definition) is 3. The first-order valence-corrected chi connectivity index (χ1v) is 8.25. The van der Waals surface area contributed by atoms with Crippen molar-refractivity contribution in [2.45, 2.75) is 63.8 Å². The van der Waals surface area contributed by atoms with Gasteiger partial charge < -0.3 is 15.2 Å². The summed E-state index contributed by atoms with van der Waals surface area (Å²) >= 11 is 0. The maximum absolute atomic E-state index is 11.6. The molecule has 0 aromatic rings. The van der Waals surface area contributed by atoms with Crippen molar-refractivity contribution in [2.75, 3.05) is 19.8 Å². The Hall–Kier alpha value is -0.610. The van der Waals surface area contributed by atoms with E-state index in [-0.39, 0.29) is 5.92 Å². The van der Waals surface area contributed by atoms with Crippen molar-refractivity contribution < 1.29 is 14.6 Å². The summed E-state index contributed by atoms with van der Waals surface area (Å²) in [6.07, 6.45) is 8.94. The lowest BCUT2D eigenvalue weighted by atomic mass is 9.83. The van der Waals surface area contributed by atoms with Crippen LogP contribution in [0.25, 0.3) is 0 Å². The van der Waals surface area contributed by atoms with Crippen LogP contribution in [0.15, 0.2) is 0 Å². The molecule has 0 bridgehead atoms. The molecule has 0 aliphatic heterocycles. The van der Waals surface area contributed by atoms with Crippen LogP contribution in [0.4, 0.5) is 0 Å². The van der Waals surface area contributed by atoms with E-state index in [4.69, 9.17) is 4.74 Å². The molecule has 4 nitrogen and oxygen atoms in total. The summed E-state index contributed by atoms with van der Waals surface area (Å²) in [6.45, 7) is 4.25. The highest BCUT2D eigenvalue weighted by Gasteiger charge is 2.48. The molecule has 116 valence electrons. The van der Waals surface area contributed by atoms with Gasteiger partial charge in [-0.15, -0.1) is 0 Å². The summed E-state index contributed by atoms with van der Waals surface area (Å²) in [5, 5.41) is 12.8. The lowest BCUT2D eigenvalue weighted by molar-refractivity contribution is -0.146. The number of carboxylic acids is 1. The second-order valence-corrected chi connectivity index (χ2v) is 6.38. The molecule has 2 aliphatic carbocycles. The molecule has 0 aromatic carbocycles. The van der Waals surface area contributed by atoms with E-state index in [1.165, 1.54) is 25.7 Å². The molecule has 0 saturated heterocycles. The molecule has 2 rings (SSSR count). The molecule has 0 radical (unpaired) electrons. The molecule has 2 saturated carbocycles.